The Labute approximate surface area is 82.2 Å². The summed E-state index contributed by atoms with van der Waals surface area (Å²) in [4.78, 5) is 0. The van der Waals surface area contributed by atoms with Crippen LogP contribution >= 0.6 is 0 Å². The fourth-order valence-electron chi connectivity index (χ4n) is 0.967. The quantitative estimate of drug-likeness (QED) is 0.493. The van der Waals surface area contributed by atoms with Gasteiger partial charge in [-0.15, -0.1) is 0 Å². The third kappa shape index (κ3) is 11.4. The highest BCUT2D eigenvalue weighted by Gasteiger charge is 2.08. The number of hydrogen-bond acceptors (Lipinski definition) is 1. The van der Waals surface area contributed by atoms with Gasteiger partial charge < -0.3 is 5.11 Å². The lowest BCUT2D eigenvalue weighted by molar-refractivity contribution is 0.0838. The Bertz CT molecular complexity index is 160. The van der Waals surface area contributed by atoms with Gasteiger partial charge in [0.05, 0.1) is 5.60 Å². The Balaban J connectivity index is 3.37. The molecule has 0 unspecified atom stereocenters. The van der Waals surface area contributed by atoms with Crippen LogP contribution in [0, 0.1) is 0 Å². The van der Waals surface area contributed by atoms with E-state index in [1.54, 1.807) is 0 Å². The van der Waals surface area contributed by atoms with Crippen LogP contribution in [0.1, 0.15) is 46.5 Å². The molecule has 0 rings (SSSR count). The van der Waals surface area contributed by atoms with Crippen molar-refractivity contribution >= 4 is 0 Å². The summed E-state index contributed by atoms with van der Waals surface area (Å²) in [5.41, 5.74) is -0.560. The topological polar surface area (TPSA) is 20.2 Å². The lowest BCUT2D eigenvalue weighted by Crippen LogP contribution is -2.16. The van der Waals surface area contributed by atoms with Crippen molar-refractivity contribution in [2.75, 3.05) is 0 Å². The molecule has 0 aromatic carbocycles. The van der Waals surface area contributed by atoms with Gasteiger partial charge in [0, 0.05) is 0 Å². The molecular weight excluding hydrogens is 160 g/mol. The van der Waals surface area contributed by atoms with Gasteiger partial charge in [-0.1, -0.05) is 31.2 Å². The molecule has 0 spiro atoms. The van der Waals surface area contributed by atoms with E-state index in [2.05, 4.69) is 31.2 Å². The number of unbranched alkanes of at least 4 members (excludes halogenated alkanes) is 1. The highest BCUT2D eigenvalue weighted by Crippen LogP contribution is 2.08. The van der Waals surface area contributed by atoms with E-state index in [4.69, 9.17) is 0 Å². The molecule has 0 aromatic heterocycles. The highest BCUT2D eigenvalue weighted by molar-refractivity contribution is 4.90. The largest absolute Gasteiger partial charge is 0.390 e. The molecule has 0 aromatic rings. The van der Waals surface area contributed by atoms with Crippen LogP contribution in [0.3, 0.4) is 0 Å². The number of rotatable bonds is 6. The van der Waals surface area contributed by atoms with E-state index in [-0.39, 0.29) is 0 Å². The van der Waals surface area contributed by atoms with E-state index in [9.17, 15) is 5.11 Å². The first-order valence-corrected chi connectivity index (χ1v) is 5.08. The van der Waals surface area contributed by atoms with Crippen LogP contribution in [0.15, 0.2) is 24.3 Å². The first-order chi connectivity index (χ1) is 6.06. The third-order valence-electron chi connectivity index (χ3n) is 1.69. The van der Waals surface area contributed by atoms with Crippen molar-refractivity contribution in [1.29, 1.82) is 0 Å². The van der Waals surface area contributed by atoms with Crippen molar-refractivity contribution in [3.63, 3.8) is 0 Å². The minimum Gasteiger partial charge on any atom is -0.390 e. The monoisotopic (exact) mass is 182 g/mol. The minimum atomic E-state index is -0.560. The minimum absolute atomic E-state index is 0.560. The van der Waals surface area contributed by atoms with E-state index >= 15 is 0 Å². The molecule has 1 N–H and O–H groups in total. The summed E-state index contributed by atoms with van der Waals surface area (Å²) < 4.78 is 0. The predicted molar refractivity (Wildman–Crippen MR) is 58.7 cm³/mol. The van der Waals surface area contributed by atoms with Crippen molar-refractivity contribution < 1.29 is 5.11 Å². The zero-order chi connectivity index (χ0) is 10.2. The molecule has 0 radical (unpaired) electrons. The molecule has 0 aliphatic carbocycles. The Hall–Kier alpha value is -0.560. The SMILES string of the molecule is CCC=CCCC=CCC(C)(C)O. The molecule has 1 nitrogen and oxygen atoms in total. The molecule has 0 saturated carbocycles. The van der Waals surface area contributed by atoms with Crippen molar-refractivity contribution in [2.24, 2.45) is 0 Å². The van der Waals surface area contributed by atoms with Crippen LogP contribution < -0.4 is 0 Å². The number of aliphatic hydroxyl groups is 1. The molecule has 0 aliphatic rings. The Morgan fingerprint density at radius 2 is 1.54 bits per heavy atom. The van der Waals surface area contributed by atoms with Crippen molar-refractivity contribution in [3.05, 3.63) is 24.3 Å². The molecule has 13 heavy (non-hydrogen) atoms. The molecular formula is C12H22O. The first kappa shape index (κ1) is 12.4. The van der Waals surface area contributed by atoms with Crippen molar-refractivity contribution in [1.82, 2.24) is 0 Å². The third-order valence-corrected chi connectivity index (χ3v) is 1.69. The molecule has 0 amide bonds. The second kappa shape index (κ2) is 6.90. The molecule has 0 heterocycles. The Morgan fingerprint density at radius 3 is 2.00 bits per heavy atom. The van der Waals surface area contributed by atoms with Gasteiger partial charge in [0.25, 0.3) is 0 Å². The van der Waals surface area contributed by atoms with Gasteiger partial charge in [0.2, 0.25) is 0 Å². The summed E-state index contributed by atoms with van der Waals surface area (Å²) >= 11 is 0. The van der Waals surface area contributed by atoms with Gasteiger partial charge in [-0.05, 0) is 39.5 Å². The van der Waals surface area contributed by atoms with Gasteiger partial charge in [-0.2, -0.15) is 0 Å². The average molecular weight is 182 g/mol. The number of allylic oxidation sites excluding steroid dienone is 3. The van der Waals surface area contributed by atoms with Crippen molar-refractivity contribution in [2.45, 2.75) is 52.1 Å². The summed E-state index contributed by atoms with van der Waals surface area (Å²) in [5, 5.41) is 9.39. The molecule has 0 atom stereocenters. The summed E-state index contributed by atoms with van der Waals surface area (Å²) in [5.74, 6) is 0. The standard InChI is InChI=1S/C12H22O/c1-4-5-6-7-8-9-10-11-12(2,3)13/h5-6,9-10,13H,4,7-8,11H2,1-3H3. The maximum absolute atomic E-state index is 9.39. The summed E-state index contributed by atoms with van der Waals surface area (Å²) in [7, 11) is 0. The first-order valence-electron chi connectivity index (χ1n) is 5.08. The maximum atomic E-state index is 9.39. The second-order valence-corrected chi connectivity index (χ2v) is 3.94. The van der Waals surface area contributed by atoms with E-state index in [1.807, 2.05) is 13.8 Å². The lowest BCUT2D eigenvalue weighted by atomic mass is 10.1. The number of hydrogen-bond donors (Lipinski definition) is 1. The Kier molecular flexibility index (Phi) is 6.61. The molecule has 0 bridgehead atoms. The summed E-state index contributed by atoms with van der Waals surface area (Å²) in [6, 6.07) is 0. The van der Waals surface area contributed by atoms with Crippen LogP contribution in [-0.4, -0.2) is 10.7 Å². The highest BCUT2D eigenvalue weighted by atomic mass is 16.3. The van der Waals surface area contributed by atoms with Gasteiger partial charge >= 0.3 is 0 Å². The molecule has 1 heteroatoms. The van der Waals surface area contributed by atoms with Crippen LogP contribution in [0.25, 0.3) is 0 Å². The van der Waals surface area contributed by atoms with E-state index < -0.39 is 5.60 Å². The Morgan fingerprint density at radius 1 is 1.00 bits per heavy atom. The zero-order valence-corrected chi connectivity index (χ0v) is 9.09. The average Bonchev–Trinajstić information content (AvgIpc) is 2.01. The fraction of sp³-hybridized carbons (Fsp3) is 0.667. The fourth-order valence-corrected chi connectivity index (χ4v) is 0.967. The van der Waals surface area contributed by atoms with Gasteiger partial charge in [-0.25, -0.2) is 0 Å². The van der Waals surface area contributed by atoms with E-state index in [0.717, 1.165) is 25.7 Å². The smallest absolute Gasteiger partial charge is 0.0626 e. The molecule has 0 fully saturated rings. The predicted octanol–water partition coefficient (Wildman–Crippen LogP) is 3.45. The van der Waals surface area contributed by atoms with Crippen LogP contribution in [0.2, 0.25) is 0 Å². The van der Waals surface area contributed by atoms with Crippen LogP contribution in [-0.2, 0) is 0 Å². The van der Waals surface area contributed by atoms with Crippen molar-refractivity contribution in [3.8, 4) is 0 Å². The maximum Gasteiger partial charge on any atom is 0.0626 e. The lowest BCUT2D eigenvalue weighted by Gasteiger charge is -2.13. The van der Waals surface area contributed by atoms with Gasteiger partial charge in [0.1, 0.15) is 0 Å². The molecule has 0 aliphatic heterocycles. The second-order valence-electron chi connectivity index (χ2n) is 3.94. The molecule has 76 valence electrons. The van der Waals surface area contributed by atoms with Crippen LogP contribution in [0.5, 0.6) is 0 Å². The van der Waals surface area contributed by atoms with E-state index in [0.29, 0.717) is 0 Å². The summed E-state index contributed by atoms with van der Waals surface area (Å²) in [6.07, 6.45) is 12.6. The van der Waals surface area contributed by atoms with Gasteiger partial charge in [-0.3, -0.25) is 0 Å². The van der Waals surface area contributed by atoms with Crippen LogP contribution in [0.4, 0.5) is 0 Å². The molecule has 0 saturated heterocycles. The zero-order valence-electron chi connectivity index (χ0n) is 9.09. The van der Waals surface area contributed by atoms with E-state index in [1.165, 1.54) is 0 Å². The summed E-state index contributed by atoms with van der Waals surface area (Å²) in [6.45, 7) is 5.79. The normalized spacial score (nSPS) is 13.2. The van der Waals surface area contributed by atoms with Gasteiger partial charge in [0.15, 0.2) is 0 Å².